The number of carbonyl (C=O) groups is 1. The van der Waals surface area contributed by atoms with Gasteiger partial charge in [0, 0.05) is 19.1 Å². The number of ether oxygens (including phenoxy) is 1. The van der Waals surface area contributed by atoms with E-state index in [1.165, 1.54) is 12.8 Å². The quantitative estimate of drug-likeness (QED) is 0.821. The van der Waals surface area contributed by atoms with E-state index in [0.717, 1.165) is 32.4 Å². The van der Waals surface area contributed by atoms with Crippen molar-refractivity contribution in [3.05, 3.63) is 0 Å². The Labute approximate surface area is 145 Å². The van der Waals surface area contributed by atoms with Crippen LogP contribution < -0.4 is 5.32 Å². The maximum Gasteiger partial charge on any atom is 0.237 e. The van der Waals surface area contributed by atoms with Gasteiger partial charge < -0.3 is 15.2 Å². The highest BCUT2D eigenvalue weighted by Gasteiger charge is 2.55. The highest BCUT2D eigenvalue weighted by atomic mass is 16.5. The Balaban J connectivity index is 1.39. The zero-order valence-electron chi connectivity index (χ0n) is 15.2. The zero-order valence-corrected chi connectivity index (χ0v) is 15.2. The van der Waals surface area contributed by atoms with Crippen LogP contribution in [-0.4, -0.2) is 58.9 Å². The molecule has 0 aromatic heterocycles. The van der Waals surface area contributed by atoms with Gasteiger partial charge in [-0.05, 0) is 70.6 Å². The van der Waals surface area contributed by atoms with Crippen molar-refractivity contribution in [3.63, 3.8) is 0 Å². The minimum Gasteiger partial charge on any atom is -0.390 e. The van der Waals surface area contributed by atoms with Crippen molar-refractivity contribution >= 4 is 5.91 Å². The molecule has 0 spiro atoms. The Morgan fingerprint density at radius 3 is 2.29 bits per heavy atom. The summed E-state index contributed by atoms with van der Waals surface area (Å²) in [5.41, 5.74) is -0.432. The van der Waals surface area contributed by atoms with Gasteiger partial charge in [0.15, 0.2) is 0 Å². The molecule has 5 aliphatic rings. The van der Waals surface area contributed by atoms with Crippen molar-refractivity contribution in [1.29, 1.82) is 0 Å². The van der Waals surface area contributed by atoms with Gasteiger partial charge >= 0.3 is 0 Å². The first kappa shape index (κ1) is 16.8. The number of nitrogens with one attached hydrogen (secondary N) is 1. The van der Waals surface area contributed by atoms with Crippen LogP contribution in [0.3, 0.4) is 0 Å². The van der Waals surface area contributed by atoms with Crippen LogP contribution in [0.1, 0.15) is 52.9 Å². The predicted molar refractivity (Wildman–Crippen MR) is 91.5 cm³/mol. The highest BCUT2D eigenvalue weighted by molar-refractivity contribution is 5.81. The third-order valence-corrected chi connectivity index (χ3v) is 6.92. The molecular formula is C19H32N2O3. The number of hydrogen-bond donors (Lipinski definition) is 2. The van der Waals surface area contributed by atoms with Gasteiger partial charge in [-0.15, -0.1) is 0 Å². The van der Waals surface area contributed by atoms with Crippen molar-refractivity contribution in [2.24, 2.45) is 17.8 Å². The van der Waals surface area contributed by atoms with Crippen LogP contribution in [-0.2, 0) is 9.53 Å². The second-order valence-electron chi connectivity index (χ2n) is 9.12. The minimum absolute atomic E-state index is 0.112. The largest absolute Gasteiger partial charge is 0.390 e. The summed E-state index contributed by atoms with van der Waals surface area (Å²) in [5, 5.41) is 14.1. The maximum atomic E-state index is 12.9. The molecule has 2 N–H and O–H groups in total. The molecule has 1 heterocycles. The average molecular weight is 336 g/mol. The second kappa shape index (κ2) is 5.96. The number of hydrogen-bond acceptors (Lipinski definition) is 4. The number of rotatable bonds is 3. The third-order valence-electron chi connectivity index (χ3n) is 6.92. The van der Waals surface area contributed by atoms with E-state index in [2.05, 4.69) is 24.1 Å². The fraction of sp³-hybridized carbons (Fsp3) is 0.947. The summed E-state index contributed by atoms with van der Waals surface area (Å²) in [6.45, 7) is 7.80. The molecule has 0 radical (unpaired) electrons. The lowest BCUT2D eigenvalue weighted by atomic mass is 9.52. The van der Waals surface area contributed by atoms with Gasteiger partial charge in [-0.25, -0.2) is 0 Å². The van der Waals surface area contributed by atoms with Crippen molar-refractivity contribution in [3.8, 4) is 0 Å². The Hall–Kier alpha value is -0.650. The van der Waals surface area contributed by atoms with E-state index >= 15 is 0 Å². The second-order valence-corrected chi connectivity index (χ2v) is 9.12. The van der Waals surface area contributed by atoms with Crippen LogP contribution in [0.4, 0.5) is 0 Å². The Kier molecular flexibility index (Phi) is 4.17. The molecule has 5 fully saturated rings. The zero-order chi connectivity index (χ0) is 17.1. The molecule has 0 aromatic rings. The molecule has 5 rings (SSSR count). The van der Waals surface area contributed by atoms with Crippen LogP contribution >= 0.6 is 0 Å². The molecule has 1 amide bonds. The van der Waals surface area contributed by atoms with Gasteiger partial charge in [0.1, 0.15) is 0 Å². The molecule has 5 nitrogen and oxygen atoms in total. The van der Waals surface area contributed by atoms with Crippen LogP contribution in [0.5, 0.6) is 0 Å². The van der Waals surface area contributed by atoms with Crippen molar-refractivity contribution in [2.45, 2.75) is 82.8 Å². The average Bonchev–Trinajstić information content (AvgIpc) is 2.47. The molecular weight excluding hydrogens is 304 g/mol. The minimum atomic E-state index is -0.432. The van der Waals surface area contributed by atoms with Crippen LogP contribution in [0.2, 0.25) is 0 Å². The molecule has 5 unspecified atom stereocenters. The molecule has 5 heteroatoms. The number of aliphatic hydroxyl groups is 1. The standard InChI is InChI=1S/C19H32N2O3/c1-11-9-21(10-12(2)24-11)13(3)18(22)20-17-15-4-14-5-16(17)8-19(23,6-14)7-15/h11-17,23H,4-10H2,1-3H3,(H,20,22). The van der Waals surface area contributed by atoms with Crippen LogP contribution in [0, 0.1) is 17.8 Å². The monoisotopic (exact) mass is 336 g/mol. The summed E-state index contributed by atoms with van der Waals surface area (Å²) in [6, 6.07) is 0.159. The molecule has 4 aliphatic carbocycles. The van der Waals surface area contributed by atoms with Crippen LogP contribution in [0.15, 0.2) is 0 Å². The van der Waals surface area contributed by atoms with E-state index in [1.54, 1.807) is 0 Å². The molecule has 24 heavy (non-hydrogen) atoms. The number of nitrogens with zero attached hydrogens (tertiary/aromatic N) is 1. The lowest BCUT2D eigenvalue weighted by Gasteiger charge is -2.58. The first-order valence-electron chi connectivity index (χ1n) is 9.75. The van der Waals surface area contributed by atoms with E-state index in [4.69, 9.17) is 4.74 Å². The van der Waals surface area contributed by atoms with Gasteiger partial charge in [-0.1, -0.05) is 0 Å². The normalized spacial score (nSPS) is 49.2. The summed E-state index contributed by atoms with van der Waals surface area (Å²) in [7, 11) is 0. The van der Waals surface area contributed by atoms with Crippen LogP contribution in [0.25, 0.3) is 0 Å². The molecule has 1 saturated heterocycles. The predicted octanol–water partition coefficient (Wildman–Crippen LogP) is 1.54. The summed E-state index contributed by atoms with van der Waals surface area (Å²) < 4.78 is 5.78. The lowest BCUT2D eigenvalue weighted by Crippen LogP contribution is -2.63. The van der Waals surface area contributed by atoms with Gasteiger partial charge in [0.2, 0.25) is 5.91 Å². The Bertz CT molecular complexity index is 485. The topological polar surface area (TPSA) is 61.8 Å². The van der Waals surface area contributed by atoms with Crippen molar-refractivity contribution in [2.75, 3.05) is 13.1 Å². The highest BCUT2D eigenvalue weighted by Crippen LogP contribution is 2.55. The molecule has 4 saturated carbocycles. The summed E-state index contributed by atoms with van der Waals surface area (Å²) >= 11 is 0. The smallest absolute Gasteiger partial charge is 0.237 e. The van der Waals surface area contributed by atoms with Crippen molar-refractivity contribution in [1.82, 2.24) is 10.2 Å². The van der Waals surface area contributed by atoms with E-state index in [-0.39, 0.29) is 30.2 Å². The Morgan fingerprint density at radius 2 is 1.75 bits per heavy atom. The fourth-order valence-electron chi connectivity index (χ4n) is 6.20. The lowest BCUT2D eigenvalue weighted by molar-refractivity contribution is -0.150. The first-order valence-corrected chi connectivity index (χ1v) is 9.75. The van der Waals surface area contributed by atoms with Gasteiger partial charge in [-0.3, -0.25) is 9.69 Å². The van der Waals surface area contributed by atoms with E-state index in [0.29, 0.717) is 17.8 Å². The molecule has 5 atom stereocenters. The number of carbonyl (C=O) groups excluding carboxylic acids is 1. The third kappa shape index (κ3) is 2.99. The maximum absolute atomic E-state index is 12.9. The molecule has 0 aromatic carbocycles. The van der Waals surface area contributed by atoms with E-state index < -0.39 is 5.60 Å². The fourth-order valence-corrected chi connectivity index (χ4v) is 6.20. The van der Waals surface area contributed by atoms with E-state index in [9.17, 15) is 9.90 Å². The summed E-state index contributed by atoms with van der Waals surface area (Å²) in [6.07, 6.45) is 5.48. The van der Waals surface area contributed by atoms with Gasteiger partial charge in [0.25, 0.3) is 0 Å². The Morgan fingerprint density at radius 1 is 1.17 bits per heavy atom. The van der Waals surface area contributed by atoms with Gasteiger partial charge in [0.05, 0.1) is 23.9 Å². The number of amides is 1. The number of morpholine rings is 1. The summed E-state index contributed by atoms with van der Waals surface area (Å²) in [5.74, 6) is 1.78. The first-order chi connectivity index (χ1) is 11.3. The SMILES string of the molecule is CC1CN(C(C)C(=O)NC2C3CC4CC2CC(O)(C4)C3)CC(C)O1. The van der Waals surface area contributed by atoms with Crippen molar-refractivity contribution < 1.29 is 14.6 Å². The molecule has 4 bridgehead atoms. The van der Waals surface area contributed by atoms with E-state index in [1.807, 2.05) is 6.92 Å². The molecule has 1 aliphatic heterocycles. The summed E-state index contributed by atoms with van der Waals surface area (Å²) in [4.78, 5) is 15.1. The van der Waals surface area contributed by atoms with Gasteiger partial charge in [-0.2, -0.15) is 0 Å². The molecule has 136 valence electrons.